The fourth-order valence-corrected chi connectivity index (χ4v) is 6.06. The second kappa shape index (κ2) is 10.8. The molecule has 2 fully saturated rings. The summed E-state index contributed by atoms with van der Waals surface area (Å²) in [6, 6.07) is 14.5. The van der Waals surface area contributed by atoms with Crippen molar-refractivity contribution in [3.05, 3.63) is 66.1 Å². The summed E-state index contributed by atoms with van der Waals surface area (Å²) in [5.41, 5.74) is 9.93. The molecule has 4 aromatic rings. The first kappa shape index (κ1) is 25.6. The molecule has 1 saturated carbocycles. The third kappa shape index (κ3) is 5.29. The monoisotopic (exact) mass is 528 g/mol. The van der Waals surface area contributed by atoms with Crippen molar-refractivity contribution in [3.63, 3.8) is 0 Å². The average Bonchev–Trinajstić information content (AvgIpc) is 3.35. The highest BCUT2D eigenvalue weighted by Gasteiger charge is 2.30. The molecule has 1 aliphatic carbocycles. The molecule has 6 rings (SSSR count). The molecule has 3 N–H and O–H groups in total. The van der Waals surface area contributed by atoms with Crippen molar-refractivity contribution < 1.29 is 9.50 Å². The van der Waals surface area contributed by atoms with E-state index in [1.54, 1.807) is 24.4 Å². The van der Waals surface area contributed by atoms with E-state index in [1.807, 2.05) is 12.1 Å². The third-order valence-corrected chi connectivity index (χ3v) is 8.36. The van der Waals surface area contributed by atoms with Crippen LogP contribution in [0.5, 0.6) is 5.75 Å². The standard InChI is InChI=1S/C30H36FN7O/c1-36-14-16-37(17-15-36)22-5-7-23(8-6-22)38-27-12-13-33-30(32)28(27)29(35-38)21-4-11-26(25(31)18-21)34-19-20-2-9-24(39)10-3-20/h2-4,9-13,18,22-23,34,39H,5-8,14-17,19H2,1H3,(H2,32,33)/p-1. The first-order valence-electron chi connectivity index (χ1n) is 13.8. The van der Waals surface area contributed by atoms with Crippen LogP contribution in [-0.2, 0) is 6.54 Å². The van der Waals surface area contributed by atoms with E-state index < -0.39 is 0 Å². The number of hydrogen-bond donors (Lipinski definition) is 2. The molecule has 0 radical (unpaired) electrons. The molecule has 2 aromatic carbocycles. The Bertz CT molecular complexity index is 1440. The third-order valence-electron chi connectivity index (χ3n) is 8.36. The van der Waals surface area contributed by atoms with Crippen LogP contribution in [0.4, 0.5) is 15.9 Å². The molecule has 0 unspecified atom stereocenters. The molecular formula is C30H35FN7O-. The fraction of sp³-hybridized carbons (Fsp3) is 0.400. The van der Waals surface area contributed by atoms with Crippen molar-refractivity contribution >= 4 is 22.4 Å². The average molecular weight is 529 g/mol. The smallest absolute Gasteiger partial charge is 0.146 e. The Morgan fingerprint density at radius 3 is 2.41 bits per heavy atom. The van der Waals surface area contributed by atoms with Crippen LogP contribution < -0.4 is 16.2 Å². The topological polar surface area (TPSA) is 98.3 Å². The van der Waals surface area contributed by atoms with Gasteiger partial charge in [0, 0.05) is 50.5 Å². The van der Waals surface area contributed by atoms with Crippen molar-refractivity contribution in [2.45, 2.75) is 44.3 Å². The minimum atomic E-state index is -0.370. The molecule has 0 atom stereocenters. The van der Waals surface area contributed by atoms with E-state index in [-0.39, 0.29) is 17.6 Å². The van der Waals surface area contributed by atoms with E-state index in [0.717, 1.165) is 68.3 Å². The molecule has 0 bridgehead atoms. The van der Waals surface area contributed by atoms with E-state index in [2.05, 4.69) is 31.8 Å². The molecule has 8 nitrogen and oxygen atoms in total. The highest BCUT2D eigenvalue weighted by Crippen LogP contribution is 2.38. The number of hydrogen-bond acceptors (Lipinski definition) is 7. The van der Waals surface area contributed by atoms with Gasteiger partial charge in [0.1, 0.15) is 17.3 Å². The molecule has 3 heterocycles. The quantitative estimate of drug-likeness (QED) is 0.386. The molecule has 1 aliphatic heterocycles. The van der Waals surface area contributed by atoms with E-state index in [9.17, 15) is 5.11 Å². The van der Waals surface area contributed by atoms with Crippen molar-refractivity contribution in [1.82, 2.24) is 24.6 Å². The number of halogens is 1. The highest BCUT2D eigenvalue weighted by atomic mass is 19.1. The normalized spacial score (nSPS) is 20.9. The van der Waals surface area contributed by atoms with E-state index in [1.165, 1.54) is 18.2 Å². The predicted molar refractivity (Wildman–Crippen MR) is 151 cm³/mol. The van der Waals surface area contributed by atoms with Crippen LogP contribution >= 0.6 is 0 Å². The van der Waals surface area contributed by atoms with Crippen molar-refractivity contribution in [2.24, 2.45) is 0 Å². The van der Waals surface area contributed by atoms with Crippen molar-refractivity contribution in [2.75, 3.05) is 44.3 Å². The maximum atomic E-state index is 15.2. The van der Waals surface area contributed by atoms with Gasteiger partial charge in [0.25, 0.3) is 0 Å². The summed E-state index contributed by atoms with van der Waals surface area (Å²) < 4.78 is 17.3. The molecule has 9 heteroatoms. The van der Waals surface area contributed by atoms with Gasteiger partial charge in [-0.05, 0) is 56.5 Å². The second-order valence-electron chi connectivity index (χ2n) is 10.9. The summed E-state index contributed by atoms with van der Waals surface area (Å²) >= 11 is 0. The van der Waals surface area contributed by atoms with E-state index >= 15 is 4.39 Å². The number of nitrogens with one attached hydrogen (secondary N) is 1. The van der Waals surface area contributed by atoms with Gasteiger partial charge in [-0.15, -0.1) is 5.75 Å². The Hall–Kier alpha value is -3.69. The molecule has 2 aliphatic rings. The number of anilines is 2. The Balaban J connectivity index is 1.22. The molecule has 1 saturated heterocycles. The Kier molecular flexibility index (Phi) is 7.10. The first-order valence-corrected chi connectivity index (χ1v) is 13.8. The minimum absolute atomic E-state index is 0.0437. The Morgan fingerprint density at radius 1 is 0.974 bits per heavy atom. The van der Waals surface area contributed by atoms with Crippen molar-refractivity contribution in [1.29, 1.82) is 0 Å². The van der Waals surface area contributed by atoms with Crippen LogP contribution in [0.15, 0.2) is 54.7 Å². The SMILES string of the molecule is CN1CCN(C2CCC(n3nc(-c4ccc(NCc5ccc([O-])cc5)c(F)c4)c4c(N)nccc43)CC2)CC1. The van der Waals surface area contributed by atoms with Crippen LogP contribution in [0.1, 0.15) is 37.3 Å². The number of pyridine rings is 1. The van der Waals surface area contributed by atoms with Crippen LogP contribution in [0, 0.1) is 5.82 Å². The van der Waals surface area contributed by atoms with Gasteiger partial charge >= 0.3 is 0 Å². The van der Waals surface area contributed by atoms with Crippen LogP contribution in [0.3, 0.4) is 0 Å². The Morgan fingerprint density at radius 2 is 1.69 bits per heavy atom. The van der Waals surface area contributed by atoms with Crippen LogP contribution in [0.25, 0.3) is 22.2 Å². The van der Waals surface area contributed by atoms with Crippen LogP contribution in [-0.4, -0.2) is 63.8 Å². The molecule has 39 heavy (non-hydrogen) atoms. The van der Waals surface area contributed by atoms with Gasteiger partial charge in [0.15, 0.2) is 0 Å². The number of piperazine rings is 1. The van der Waals surface area contributed by atoms with E-state index in [4.69, 9.17) is 10.8 Å². The molecular weight excluding hydrogens is 493 g/mol. The predicted octanol–water partition coefficient (Wildman–Crippen LogP) is 4.24. The maximum Gasteiger partial charge on any atom is 0.146 e. The highest BCUT2D eigenvalue weighted by molar-refractivity contribution is 6.00. The van der Waals surface area contributed by atoms with Gasteiger partial charge in [-0.25, -0.2) is 9.37 Å². The number of rotatable bonds is 6. The van der Waals surface area contributed by atoms with E-state index in [0.29, 0.717) is 35.3 Å². The number of nitrogens with zero attached hydrogens (tertiary/aromatic N) is 5. The number of aromatic nitrogens is 3. The van der Waals surface area contributed by atoms with Gasteiger partial charge in [0.05, 0.1) is 22.6 Å². The zero-order chi connectivity index (χ0) is 26.9. The Labute approximate surface area is 228 Å². The number of benzene rings is 2. The summed E-state index contributed by atoms with van der Waals surface area (Å²) in [5, 5.41) is 20.2. The fourth-order valence-electron chi connectivity index (χ4n) is 6.06. The largest absolute Gasteiger partial charge is 0.872 e. The molecule has 0 spiro atoms. The van der Waals surface area contributed by atoms with Gasteiger partial charge < -0.3 is 21.1 Å². The summed E-state index contributed by atoms with van der Waals surface area (Å²) in [6.07, 6.45) is 6.14. The second-order valence-corrected chi connectivity index (χ2v) is 10.9. The maximum absolute atomic E-state index is 15.2. The lowest BCUT2D eigenvalue weighted by Crippen LogP contribution is -2.49. The summed E-state index contributed by atoms with van der Waals surface area (Å²) in [4.78, 5) is 9.38. The zero-order valence-electron chi connectivity index (χ0n) is 22.3. The minimum Gasteiger partial charge on any atom is -0.872 e. The molecule has 0 amide bonds. The summed E-state index contributed by atoms with van der Waals surface area (Å²) in [7, 11) is 2.20. The number of nitrogen functional groups attached to an aromatic ring is 1. The van der Waals surface area contributed by atoms with Crippen LogP contribution in [0.2, 0.25) is 0 Å². The van der Waals surface area contributed by atoms with Gasteiger partial charge in [-0.3, -0.25) is 9.58 Å². The number of fused-ring (bicyclic) bond motifs is 1. The lowest BCUT2D eigenvalue weighted by atomic mass is 9.89. The summed E-state index contributed by atoms with van der Waals surface area (Å²) in [5.74, 6) is -0.00659. The van der Waals surface area contributed by atoms with Crippen molar-refractivity contribution in [3.8, 4) is 17.0 Å². The first-order chi connectivity index (χ1) is 19.0. The molecule has 2 aromatic heterocycles. The number of likely N-dealkylation sites (N-methyl/N-ethyl adjacent to an activating group) is 1. The number of nitrogens with two attached hydrogens (primary N) is 1. The lowest BCUT2D eigenvalue weighted by Gasteiger charge is -2.41. The molecule has 204 valence electrons. The van der Waals surface area contributed by atoms with Gasteiger partial charge in [0.2, 0.25) is 0 Å². The zero-order valence-corrected chi connectivity index (χ0v) is 22.3. The summed E-state index contributed by atoms with van der Waals surface area (Å²) in [6.45, 7) is 4.98. The van der Waals surface area contributed by atoms with Gasteiger partial charge in [-0.1, -0.05) is 30.3 Å². The van der Waals surface area contributed by atoms with Gasteiger partial charge in [-0.2, -0.15) is 5.10 Å². The lowest BCUT2D eigenvalue weighted by molar-refractivity contribution is -0.268.